The number of amides is 2. The normalized spacial score (nSPS) is 10.3. The van der Waals surface area contributed by atoms with Crippen LogP contribution >= 0.6 is 0 Å². The molecule has 7 heteroatoms. The summed E-state index contributed by atoms with van der Waals surface area (Å²) < 4.78 is 16.4. The Morgan fingerprint density at radius 1 is 0.806 bits per heavy atom. The lowest BCUT2D eigenvalue weighted by Gasteiger charge is -2.19. The minimum absolute atomic E-state index is 0.129. The van der Waals surface area contributed by atoms with Crippen LogP contribution in [0.4, 0.5) is 0 Å². The van der Waals surface area contributed by atoms with Crippen molar-refractivity contribution in [2.75, 3.05) is 21.3 Å². The summed E-state index contributed by atoms with van der Waals surface area (Å²) in [4.78, 5) is 25.6. The van der Waals surface area contributed by atoms with Gasteiger partial charge in [-0.15, -0.1) is 0 Å². The first-order valence-corrected chi connectivity index (χ1v) is 9.55. The summed E-state index contributed by atoms with van der Waals surface area (Å²) >= 11 is 0. The van der Waals surface area contributed by atoms with Crippen molar-refractivity contribution in [2.24, 2.45) is 5.73 Å². The molecule has 2 N–H and O–H groups in total. The predicted octanol–water partition coefficient (Wildman–Crippen LogP) is 3.87. The van der Waals surface area contributed by atoms with E-state index >= 15 is 0 Å². The van der Waals surface area contributed by atoms with Crippen LogP contribution in [0.15, 0.2) is 66.7 Å². The van der Waals surface area contributed by atoms with Crippen molar-refractivity contribution < 1.29 is 23.8 Å². The quantitative estimate of drug-likeness (QED) is 0.597. The third-order valence-electron chi connectivity index (χ3n) is 4.72. The van der Waals surface area contributed by atoms with E-state index in [1.807, 2.05) is 12.1 Å². The Morgan fingerprint density at radius 3 is 1.87 bits per heavy atom. The number of hydrogen-bond acceptors (Lipinski definition) is 5. The Morgan fingerprint density at radius 2 is 1.35 bits per heavy atom. The topological polar surface area (TPSA) is 91.1 Å². The van der Waals surface area contributed by atoms with Gasteiger partial charge in [-0.25, -0.2) is 0 Å². The fourth-order valence-electron chi connectivity index (χ4n) is 3.02. The molecule has 0 bridgehead atoms. The summed E-state index contributed by atoms with van der Waals surface area (Å²) in [7, 11) is 4.91. The van der Waals surface area contributed by atoms with E-state index in [1.54, 1.807) is 80.8 Å². The lowest BCUT2D eigenvalue weighted by atomic mass is 10.1. The lowest BCUT2D eigenvalue weighted by Crippen LogP contribution is -2.26. The molecule has 0 radical (unpaired) electrons. The van der Waals surface area contributed by atoms with Gasteiger partial charge in [-0.3, -0.25) is 9.59 Å². The molecule has 3 aromatic rings. The first-order valence-electron chi connectivity index (χ1n) is 9.55. The predicted molar refractivity (Wildman–Crippen MR) is 117 cm³/mol. The van der Waals surface area contributed by atoms with Crippen molar-refractivity contribution in [1.82, 2.24) is 4.90 Å². The molecular formula is C24H24N2O5. The molecular weight excluding hydrogens is 396 g/mol. The molecule has 0 saturated heterocycles. The van der Waals surface area contributed by atoms with Gasteiger partial charge in [0.05, 0.1) is 14.2 Å². The number of nitrogens with zero attached hydrogens (tertiary/aromatic N) is 1. The smallest absolute Gasteiger partial charge is 0.253 e. The molecule has 0 saturated carbocycles. The maximum atomic E-state index is 12.8. The molecule has 0 unspecified atom stereocenters. The van der Waals surface area contributed by atoms with Crippen LogP contribution in [-0.4, -0.2) is 38.0 Å². The maximum Gasteiger partial charge on any atom is 0.253 e. The number of nitrogens with two attached hydrogens (primary N) is 1. The van der Waals surface area contributed by atoms with Crippen molar-refractivity contribution in [3.8, 4) is 23.0 Å². The molecule has 0 aromatic heterocycles. The van der Waals surface area contributed by atoms with Gasteiger partial charge in [-0.05, 0) is 60.7 Å². The minimum atomic E-state index is -0.495. The van der Waals surface area contributed by atoms with Gasteiger partial charge < -0.3 is 24.8 Å². The highest BCUT2D eigenvalue weighted by Crippen LogP contribution is 2.26. The zero-order chi connectivity index (χ0) is 22.4. The number of ether oxygens (including phenoxy) is 3. The first-order chi connectivity index (χ1) is 14.9. The summed E-state index contributed by atoms with van der Waals surface area (Å²) in [5, 5.41) is 0. The highest BCUT2D eigenvalue weighted by molar-refractivity contribution is 5.94. The molecule has 0 aliphatic heterocycles. The van der Waals surface area contributed by atoms with Gasteiger partial charge in [-0.1, -0.05) is 0 Å². The monoisotopic (exact) mass is 420 g/mol. The van der Waals surface area contributed by atoms with E-state index in [2.05, 4.69) is 0 Å². The van der Waals surface area contributed by atoms with Gasteiger partial charge in [0, 0.05) is 36.3 Å². The Labute approximate surface area is 180 Å². The Balaban J connectivity index is 1.66. The van der Waals surface area contributed by atoms with E-state index in [-0.39, 0.29) is 5.91 Å². The molecule has 7 nitrogen and oxygen atoms in total. The van der Waals surface area contributed by atoms with Crippen LogP contribution in [0.3, 0.4) is 0 Å². The summed E-state index contributed by atoms with van der Waals surface area (Å²) in [5.41, 5.74) is 7.05. The van der Waals surface area contributed by atoms with Gasteiger partial charge in [0.25, 0.3) is 5.91 Å². The molecule has 3 rings (SSSR count). The third kappa shape index (κ3) is 5.33. The van der Waals surface area contributed by atoms with Crippen molar-refractivity contribution in [3.63, 3.8) is 0 Å². The highest BCUT2D eigenvalue weighted by atomic mass is 16.5. The lowest BCUT2D eigenvalue weighted by molar-refractivity contribution is 0.0784. The summed E-state index contributed by atoms with van der Waals surface area (Å²) in [6.45, 7) is 0.385. The third-order valence-corrected chi connectivity index (χ3v) is 4.72. The van der Waals surface area contributed by atoms with Crippen molar-refractivity contribution in [3.05, 3.63) is 83.4 Å². The molecule has 31 heavy (non-hydrogen) atoms. The Bertz CT molecular complexity index is 1060. The van der Waals surface area contributed by atoms with Gasteiger partial charge in [0.15, 0.2) is 0 Å². The molecule has 0 spiro atoms. The van der Waals surface area contributed by atoms with E-state index in [9.17, 15) is 9.59 Å². The number of benzene rings is 3. The largest absolute Gasteiger partial charge is 0.497 e. The molecule has 2 amide bonds. The van der Waals surface area contributed by atoms with Crippen LogP contribution < -0.4 is 19.9 Å². The fraction of sp³-hybridized carbons (Fsp3) is 0.167. The zero-order valence-electron chi connectivity index (χ0n) is 17.6. The van der Waals surface area contributed by atoms with Crippen LogP contribution in [0.25, 0.3) is 0 Å². The van der Waals surface area contributed by atoms with E-state index < -0.39 is 5.91 Å². The standard InChI is InChI=1S/C24H24N2O5/c1-26(15-18-8-13-21(29-2)14-22(18)30-3)24(28)17-6-11-20(12-7-17)31-19-9-4-16(5-10-19)23(25)27/h4-14H,15H2,1-3H3,(H2,25,27). The molecule has 0 atom stereocenters. The highest BCUT2D eigenvalue weighted by Gasteiger charge is 2.15. The molecule has 160 valence electrons. The van der Waals surface area contributed by atoms with E-state index in [1.165, 1.54) is 0 Å². The molecule has 0 fully saturated rings. The second kappa shape index (κ2) is 9.67. The van der Waals surface area contributed by atoms with Gasteiger partial charge >= 0.3 is 0 Å². The van der Waals surface area contributed by atoms with Crippen molar-refractivity contribution >= 4 is 11.8 Å². The zero-order valence-corrected chi connectivity index (χ0v) is 17.6. The second-order valence-electron chi connectivity index (χ2n) is 6.85. The van der Waals surface area contributed by atoms with Crippen LogP contribution in [0.1, 0.15) is 26.3 Å². The number of carbonyl (C=O) groups is 2. The molecule has 3 aromatic carbocycles. The summed E-state index contributed by atoms with van der Waals surface area (Å²) in [6, 6.07) is 18.9. The SMILES string of the molecule is COc1ccc(CN(C)C(=O)c2ccc(Oc3ccc(C(N)=O)cc3)cc2)c(OC)c1. The average molecular weight is 420 g/mol. The van der Waals surface area contributed by atoms with Gasteiger partial charge in [0.1, 0.15) is 23.0 Å². The first kappa shape index (κ1) is 21.7. The van der Waals surface area contributed by atoms with Crippen molar-refractivity contribution in [2.45, 2.75) is 6.54 Å². The van der Waals surface area contributed by atoms with Crippen LogP contribution in [0.2, 0.25) is 0 Å². The number of primary amides is 1. The van der Waals surface area contributed by atoms with E-state index in [0.29, 0.717) is 40.7 Å². The summed E-state index contributed by atoms with van der Waals surface area (Å²) in [5.74, 6) is 1.86. The molecule has 0 heterocycles. The van der Waals surface area contributed by atoms with Crippen LogP contribution in [0, 0.1) is 0 Å². The number of rotatable bonds is 8. The van der Waals surface area contributed by atoms with Crippen molar-refractivity contribution in [1.29, 1.82) is 0 Å². The minimum Gasteiger partial charge on any atom is -0.497 e. The van der Waals surface area contributed by atoms with E-state index in [0.717, 1.165) is 5.56 Å². The second-order valence-corrected chi connectivity index (χ2v) is 6.85. The molecule has 0 aliphatic rings. The number of carbonyl (C=O) groups excluding carboxylic acids is 2. The Kier molecular flexibility index (Phi) is 6.77. The Hall–Kier alpha value is -4.00. The molecule has 0 aliphatic carbocycles. The summed E-state index contributed by atoms with van der Waals surface area (Å²) in [6.07, 6.45) is 0. The van der Waals surface area contributed by atoms with E-state index in [4.69, 9.17) is 19.9 Å². The number of hydrogen-bond donors (Lipinski definition) is 1. The van der Waals surface area contributed by atoms with Crippen LogP contribution in [-0.2, 0) is 6.54 Å². The maximum absolute atomic E-state index is 12.8. The van der Waals surface area contributed by atoms with Crippen LogP contribution in [0.5, 0.6) is 23.0 Å². The number of methoxy groups -OCH3 is 2. The van der Waals surface area contributed by atoms with Gasteiger partial charge in [0.2, 0.25) is 5.91 Å². The fourth-order valence-corrected chi connectivity index (χ4v) is 3.02. The van der Waals surface area contributed by atoms with Gasteiger partial charge in [-0.2, -0.15) is 0 Å². The average Bonchev–Trinajstić information content (AvgIpc) is 2.79.